The van der Waals surface area contributed by atoms with Gasteiger partial charge in [-0.15, -0.1) is 0 Å². The van der Waals surface area contributed by atoms with Crippen molar-refractivity contribution in [2.45, 2.75) is 18.9 Å². The fourth-order valence-electron chi connectivity index (χ4n) is 2.31. The Morgan fingerprint density at radius 2 is 1.52 bits per heavy atom. The molecule has 0 saturated carbocycles. The Kier molecular flexibility index (Phi) is 5.88. The highest BCUT2D eigenvalue weighted by Crippen LogP contribution is 2.11. The highest BCUT2D eigenvalue weighted by Gasteiger charge is 2.19. The molecule has 0 aliphatic rings. The Labute approximate surface area is 132 Å². The number of likely N-dealkylation sites (N-methyl/N-ethyl adjacent to an activating group) is 1. The van der Waals surface area contributed by atoms with Gasteiger partial charge in [0.25, 0.3) is 0 Å². The zero-order valence-electron chi connectivity index (χ0n) is 12.3. The lowest BCUT2D eigenvalue weighted by Gasteiger charge is -2.27. The van der Waals surface area contributed by atoms with E-state index in [2.05, 4.69) is 24.8 Å². The molecule has 0 N–H and O–H groups in total. The van der Waals surface area contributed by atoms with E-state index in [0.29, 0.717) is 12.2 Å². The van der Waals surface area contributed by atoms with Crippen LogP contribution in [0.4, 0.5) is 0 Å². The lowest BCUT2D eigenvalue weighted by atomic mass is 10.1. The van der Waals surface area contributed by atoms with E-state index >= 15 is 0 Å². The fourth-order valence-corrected chi connectivity index (χ4v) is 2.68. The third-order valence-corrected chi connectivity index (χ3v) is 4.09. The van der Waals surface area contributed by atoms with Gasteiger partial charge in [-0.3, -0.25) is 4.79 Å². The first-order chi connectivity index (χ1) is 10.2. The third-order valence-electron chi connectivity index (χ3n) is 3.66. The van der Waals surface area contributed by atoms with Gasteiger partial charge < -0.3 is 4.90 Å². The standard InChI is InChI=1S/C18H21NOS/c1-19(18(20)13-16-10-6-3-7-11-16)17(14-21)12-15-8-4-2-5-9-15/h2-11,17,21H,12-14H2,1H3/t17-/m1/s1. The highest BCUT2D eigenvalue weighted by molar-refractivity contribution is 7.80. The molecule has 0 saturated heterocycles. The number of amides is 1. The van der Waals surface area contributed by atoms with Gasteiger partial charge in [-0.25, -0.2) is 0 Å². The monoisotopic (exact) mass is 299 g/mol. The summed E-state index contributed by atoms with van der Waals surface area (Å²) in [5.41, 5.74) is 2.28. The number of carbonyl (C=O) groups excluding carboxylic acids is 1. The molecule has 2 aromatic rings. The predicted octanol–water partition coefficient (Wildman–Crippen LogP) is 3.23. The second-order valence-corrected chi connectivity index (χ2v) is 5.56. The minimum atomic E-state index is 0.118. The largest absolute Gasteiger partial charge is 0.341 e. The van der Waals surface area contributed by atoms with Gasteiger partial charge in [0, 0.05) is 18.8 Å². The summed E-state index contributed by atoms with van der Waals surface area (Å²) >= 11 is 4.41. The SMILES string of the molecule is CN(C(=O)Cc1ccccc1)[C@@H](CS)Cc1ccccc1. The molecule has 0 fully saturated rings. The smallest absolute Gasteiger partial charge is 0.227 e. The summed E-state index contributed by atoms with van der Waals surface area (Å²) in [6.45, 7) is 0. The molecule has 1 atom stereocenters. The number of thiol groups is 1. The van der Waals surface area contributed by atoms with Crippen molar-refractivity contribution in [2.24, 2.45) is 0 Å². The fraction of sp³-hybridized carbons (Fsp3) is 0.278. The second-order valence-electron chi connectivity index (χ2n) is 5.19. The number of benzene rings is 2. The van der Waals surface area contributed by atoms with Crippen molar-refractivity contribution in [1.29, 1.82) is 0 Å². The number of nitrogens with zero attached hydrogens (tertiary/aromatic N) is 1. The molecule has 110 valence electrons. The maximum atomic E-state index is 12.4. The number of carbonyl (C=O) groups is 1. The summed E-state index contributed by atoms with van der Waals surface area (Å²) in [5.74, 6) is 0.794. The van der Waals surface area contributed by atoms with Crippen LogP contribution in [-0.4, -0.2) is 29.6 Å². The molecule has 0 bridgehead atoms. The third kappa shape index (κ3) is 4.64. The predicted molar refractivity (Wildman–Crippen MR) is 90.7 cm³/mol. The van der Waals surface area contributed by atoms with Crippen LogP contribution in [0.15, 0.2) is 60.7 Å². The van der Waals surface area contributed by atoms with Crippen LogP contribution in [-0.2, 0) is 17.6 Å². The number of hydrogen-bond donors (Lipinski definition) is 1. The molecule has 0 heterocycles. The van der Waals surface area contributed by atoms with Crippen molar-refractivity contribution in [2.75, 3.05) is 12.8 Å². The first-order valence-corrected chi connectivity index (χ1v) is 7.78. The van der Waals surface area contributed by atoms with Crippen LogP contribution < -0.4 is 0 Å². The lowest BCUT2D eigenvalue weighted by molar-refractivity contribution is -0.130. The van der Waals surface area contributed by atoms with Gasteiger partial charge in [0.1, 0.15) is 0 Å². The van der Waals surface area contributed by atoms with Crippen molar-refractivity contribution < 1.29 is 4.79 Å². The quantitative estimate of drug-likeness (QED) is 0.812. The lowest BCUT2D eigenvalue weighted by Crippen LogP contribution is -2.40. The van der Waals surface area contributed by atoms with Crippen LogP contribution >= 0.6 is 12.6 Å². The highest BCUT2D eigenvalue weighted by atomic mass is 32.1. The molecule has 2 nitrogen and oxygen atoms in total. The van der Waals surface area contributed by atoms with Gasteiger partial charge in [-0.05, 0) is 17.5 Å². The molecule has 2 aromatic carbocycles. The first-order valence-electron chi connectivity index (χ1n) is 7.15. The van der Waals surface area contributed by atoms with Crippen LogP contribution in [0.2, 0.25) is 0 Å². The van der Waals surface area contributed by atoms with E-state index < -0.39 is 0 Å². The van der Waals surface area contributed by atoms with Crippen molar-refractivity contribution in [3.8, 4) is 0 Å². The Morgan fingerprint density at radius 3 is 2.05 bits per heavy atom. The van der Waals surface area contributed by atoms with Crippen molar-refractivity contribution in [1.82, 2.24) is 4.90 Å². The minimum absolute atomic E-state index is 0.118. The molecule has 2 rings (SSSR count). The molecule has 1 amide bonds. The summed E-state index contributed by atoms with van der Waals surface area (Å²) in [6.07, 6.45) is 1.28. The topological polar surface area (TPSA) is 20.3 Å². The molecule has 0 unspecified atom stereocenters. The van der Waals surface area contributed by atoms with Gasteiger partial charge in [-0.1, -0.05) is 60.7 Å². The Bertz CT molecular complexity index is 556. The van der Waals surface area contributed by atoms with Crippen molar-refractivity contribution in [3.05, 3.63) is 71.8 Å². The van der Waals surface area contributed by atoms with Crippen LogP contribution in [0.1, 0.15) is 11.1 Å². The summed E-state index contributed by atoms with van der Waals surface area (Å²) in [5, 5.41) is 0. The zero-order valence-corrected chi connectivity index (χ0v) is 13.2. The van der Waals surface area contributed by atoms with Crippen LogP contribution in [0.3, 0.4) is 0 Å². The van der Waals surface area contributed by atoms with Crippen LogP contribution in [0, 0.1) is 0 Å². The Balaban J connectivity index is 1.99. The number of hydrogen-bond acceptors (Lipinski definition) is 2. The van der Waals surface area contributed by atoms with E-state index in [1.165, 1.54) is 5.56 Å². The van der Waals surface area contributed by atoms with Gasteiger partial charge in [0.05, 0.1) is 6.42 Å². The maximum absolute atomic E-state index is 12.4. The van der Waals surface area contributed by atoms with E-state index in [0.717, 1.165) is 12.0 Å². The van der Waals surface area contributed by atoms with E-state index in [4.69, 9.17) is 0 Å². The minimum Gasteiger partial charge on any atom is -0.341 e. The van der Waals surface area contributed by atoms with E-state index in [9.17, 15) is 4.79 Å². The summed E-state index contributed by atoms with van der Waals surface area (Å²) in [4.78, 5) is 14.2. The Hall–Kier alpha value is -1.74. The van der Waals surface area contributed by atoms with Gasteiger partial charge in [0.15, 0.2) is 0 Å². The average molecular weight is 299 g/mol. The van der Waals surface area contributed by atoms with E-state index in [1.807, 2.05) is 60.5 Å². The summed E-state index contributed by atoms with van der Waals surface area (Å²) in [6, 6.07) is 20.2. The van der Waals surface area contributed by atoms with Gasteiger partial charge >= 0.3 is 0 Å². The molecule has 21 heavy (non-hydrogen) atoms. The first kappa shape index (κ1) is 15.6. The zero-order chi connectivity index (χ0) is 15.1. The Morgan fingerprint density at radius 1 is 1.00 bits per heavy atom. The van der Waals surface area contributed by atoms with Crippen LogP contribution in [0.5, 0.6) is 0 Å². The summed E-state index contributed by atoms with van der Waals surface area (Å²) < 4.78 is 0. The van der Waals surface area contributed by atoms with Gasteiger partial charge in [0.2, 0.25) is 5.91 Å². The number of rotatable bonds is 6. The molecule has 0 aliphatic heterocycles. The molecule has 0 radical (unpaired) electrons. The van der Waals surface area contributed by atoms with E-state index in [1.54, 1.807) is 0 Å². The summed E-state index contributed by atoms with van der Waals surface area (Å²) in [7, 11) is 1.87. The van der Waals surface area contributed by atoms with E-state index in [-0.39, 0.29) is 11.9 Å². The average Bonchev–Trinajstić information content (AvgIpc) is 2.54. The molecular formula is C18H21NOS. The molecule has 0 spiro atoms. The van der Waals surface area contributed by atoms with Crippen molar-refractivity contribution in [3.63, 3.8) is 0 Å². The normalized spacial score (nSPS) is 11.9. The molecule has 0 aliphatic carbocycles. The van der Waals surface area contributed by atoms with Crippen LogP contribution in [0.25, 0.3) is 0 Å². The maximum Gasteiger partial charge on any atom is 0.227 e. The molecule has 3 heteroatoms. The van der Waals surface area contributed by atoms with Gasteiger partial charge in [-0.2, -0.15) is 12.6 Å². The van der Waals surface area contributed by atoms with Crippen molar-refractivity contribution >= 4 is 18.5 Å². The second kappa shape index (κ2) is 7.89. The molecular weight excluding hydrogens is 278 g/mol. The molecule has 0 aromatic heterocycles.